The van der Waals surface area contributed by atoms with Gasteiger partial charge in [-0.05, 0) is 12.1 Å². The number of ether oxygens (including phenoxy) is 2. The van der Waals surface area contributed by atoms with Gasteiger partial charge in [-0.15, -0.1) is 0 Å². The van der Waals surface area contributed by atoms with Gasteiger partial charge < -0.3 is 9.47 Å². The van der Waals surface area contributed by atoms with Crippen LogP contribution in [-0.4, -0.2) is 20.0 Å². The highest BCUT2D eigenvalue weighted by Gasteiger charge is 2.13. The molecule has 0 aromatic heterocycles. The maximum absolute atomic E-state index is 11.5. The Bertz CT molecular complexity index is 374. The van der Waals surface area contributed by atoms with Crippen molar-refractivity contribution < 1.29 is 14.3 Å². The highest BCUT2D eigenvalue weighted by Crippen LogP contribution is 2.36. The van der Waals surface area contributed by atoms with E-state index in [0.29, 0.717) is 28.5 Å². The third kappa shape index (κ3) is 2.42. The third-order valence-electron chi connectivity index (χ3n) is 2.08. The summed E-state index contributed by atoms with van der Waals surface area (Å²) in [6, 6.07) is 3.23. The van der Waals surface area contributed by atoms with Crippen molar-refractivity contribution in [2.45, 2.75) is 13.3 Å². The maximum Gasteiger partial charge on any atom is 0.179 e. The van der Waals surface area contributed by atoms with Crippen molar-refractivity contribution >= 4 is 17.4 Å². The zero-order valence-electron chi connectivity index (χ0n) is 8.96. The molecule has 0 aliphatic heterocycles. The average Bonchev–Trinajstić information content (AvgIpc) is 2.26. The zero-order valence-corrected chi connectivity index (χ0v) is 9.72. The van der Waals surface area contributed by atoms with Crippen molar-refractivity contribution in [1.82, 2.24) is 0 Å². The SMILES string of the molecule is CCC(=O)c1cc(Cl)c(OC)c(OC)c1. The van der Waals surface area contributed by atoms with Crippen LogP contribution < -0.4 is 9.47 Å². The Labute approximate surface area is 93.9 Å². The number of carbonyl (C=O) groups is 1. The van der Waals surface area contributed by atoms with Crippen LogP contribution in [0, 0.1) is 0 Å². The number of carbonyl (C=O) groups excluding carboxylic acids is 1. The van der Waals surface area contributed by atoms with Crippen LogP contribution >= 0.6 is 11.6 Å². The number of halogens is 1. The van der Waals surface area contributed by atoms with Gasteiger partial charge in [0.05, 0.1) is 19.2 Å². The molecule has 1 aromatic rings. The van der Waals surface area contributed by atoms with Crippen molar-refractivity contribution in [1.29, 1.82) is 0 Å². The molecular formula is C11H13ClO3. The van der Waals surface area contributed by atoms with Gasteiger partial charge in [0.1, 0.15) is 0 Å². The first-order valence-corrected chi connectivity index (χ1v) is 4.96. The van der Waals surface area contributed by atoms with E-state index in [-0.39, 0.29) is 5.78 Å². The molecule has 0 radical (unpaired) electrons. The molecule has 1 aromatic carbocycles. The van der Waals surface area contributed by atoms with E-state index in [1.54, 1.807) is 19.1 Å². The van der Waals surface area contributed by atoms with E-state index < -0.39 is 0 Å². The van der Waals surface area contributed by atoms with E-state index in [9.17, 15) is 4.79 Å². The molecule has 0 atom stereocenters. The minimum absolute atomic E-state index is 0.0258. The first-order chi connectivity index (χ1) is 7.13. The largest absolute Gasteiger partial charge is 0.493 e. The highest BCUT2D eigenvalue weighted by molar-refractivity contribution is 6.32. The Hall–Kier alpha value is -1.22. The van der Waals surface area contributed by atoms with Gasteiger partial charge in [-0.3, -0.25) is 4.79 Å². The van der Waals surface area contributed by atoms with Gasteiger partial charge in [0, 0.05) is 12.0 Å². The molecule has 0 heterocycles. The summed E-state index contributed by atoms with van der Waals surface area (Å²) in [4.78, 5) is 11.5. The lowest BCUT2D eigenvalue weighted by atomic mass is 10.1. The zero-order chi connectivity index (χ0) is 11.4. The molecule has 82 valence electrons. The maximum atomic E-state index is 11.5. The minimum atomic E-state index is 0.0258. The van der Waals surface area contributed by atoms with Gasteiger partial charge in [0.25, 0.3) is 0 Å². The lowest BCUT2D eigenvalue weighted by Crippen LogP contribution is -1.99. The number of benzene rings is 1. The quantitative estimate of drug-likeness (QED) is 0.744. The second-order valence-corrected chi connectivity index (χ2v) is 3.38. The molecule has 0 amide bonds. The summed E-state index contributed by atoms with van der Waals surface area (Å²) in [7, 11) is 3.01. The fourth-order valence-corrected chi connectivity index (χ4v) is 1.57. The third-order valence-corrected chi connectivity index (χ3v) is 2.36. The van der Waals surface area contributed by atoms with Crippen LogP contribution in [0.25, 0.3) is 0 Å². The number of ketones is 1. The molecule has 0 saturated carbocycles. The van der Waals surface area contributed by atoms with Gasteiger partial charge in [0.15, 0.2) is 17.3 Å². The second kappa shape index (κ2) is 5.03. The molecule has 0 saturated heterocycles. The molecule has 0 aliphatic rings. The van der Waals surface area contributed by atoms with Crippen molar-refractivity contribution in [3.63, 3.8) is 0 Å². The van der Waals surface area contributed by atoms with E-state index in [4.69, 9.17) is 21.1 Å². The molecular weight excluding hydrogens is 216 g/mol. The number of hydrogen-bond acceptors (Lipinski definition) is 3. The Morgan fingerprint density at radius 2 is 2.00 bits per heavy atom. The van der Waals surface area contributed by atoms with Gasteiger partial charge in [0.2, 0.25) is 0 Å². The molecule has 1 rings (SSSR count). The Kier molecular flexibility index (Phi) is 3.97. The smallest absolute Gasteiger partial charge is 0.179 e. The highest BCUT2D eigenvalue weighted by atomic mass is 35.5. The van der Waals surface area contributed by atoms with Crippen molar-refractivity contribution in [3.05, 3.63) is 22.7 Å². The van der Waals surface area contributed by atoms with Crippen molar-refractivity contribution in [3.8, 4) is 11.5 Å². The van der Waals surface area contributed by atoms with Crippen LogP contribution in [0.15, 0.2) is 12.1 Å². The van der Waals surface area contributed by atoms with E-state index in [0.717, 1.165) is 0 Å². The fourth-order valence-electron chi connectivity index (χ4n) is 1.28. The summed E-state index contributed by atoms with van der Waals surface area (Å²) in [6.07, 6.45) is 0.436. The Morgan fingerprint density at radius 3 is 2.47 bits per heavy atom. The van der Waals surface area contributed by atoms with E-state index in [2.05, 4.69) is 0 Å². The van der Waals surface area contributed by atoms with Crippen LogP contribution in [0.4, 0.5) is 0 Å². The molecule has 0 unspecified atom stereocenters. The van der Waals surface area contributed by atoms with Crippen molar-refractivity contribution in [2.75, 3.05) is 14.2 Å². The molecule has 15 heavy (non-hydrogen) atoms. The van der Waals surface area contributed by atoms with Crippen LogP contribution in [0.1, 0.15) is 23.7 Å². The van der Waals surface area contributed by atoms with Gasteiger partial charge in [-0.25, -0.2) is 0 Å². The van der Waals surface area contributed by atoms with Gasteiger partial charge >= 0.3 is 0 Å². The molecule has 0 fully saturated rings. The van der Waals surface area contributed by atoms with Crippen molar-refractivity contribution in [2.24, 2.45) is 0 Å². The van der Waals surface area contributed by atoms with Gasteiger partial charge in [-0.1, -0.05) is 18.5 Å². The lowest BCUT2D eigenvalue weighted by molar-refractivity contribution is 0.0988. The first kappa shape index (κ1) is 11.9. The standard InChI is InChI=1S/C11H13ClO3/c1-4-9(13)7-5-8(12)11(15-3)10(6-7)14-2/h5-6H,4H2,1-3H3. The summed E-state index contributed by atoms with van der Waals surface area (Å²) < 4.78 is 10.2. The number of hydrogen-bond donors (Lipinski definition) is 0. The predicted molar refractivity (Wildman–Crippen MR) is 59.2 cm³/mol. The average molecular weight is 229 g/mol. The van der Waals surface area contributed by atoms with Crippen LogP contribution in [0.3, 0.4) is 0 Å². The number of methoxy groups -OCH3 is 2. The molecule has 0 N–H and O–H groups in total. The normalized spacial score (nSPS) is 9.87. The molecule has 0 bridgehead atoms. The molecule has 4 heteroatoms. The first-order valence-electron chi connectivity index (χ1n) is 4.58. The summed E-state index contributed by atoms with van der Waals surface area (Å²) in [5.74, 6) is 0.950. The Morgan fingerprint density at radius 1 is 1.33 bits per heavy atom. The Balaban J connectivity index is 3.25. The second-order valence-electron chi connectivity index (χ2n) is 2.97. The summed E-state index contributed by atoms with van der Waals surface area (Å²) in [5.41, 5.74) is 0.542. The van der Waals surface area contributed by atoms with Crippen LogP contribution in [-0.2, 0) is 0 Å². The van der Waals surface area contributed by atoms with E-state index >= 15 is 0 Å². The van der Waals surface area contributed by atoms with Crippen LogP contribution in [0.5, 0.6) is 11.5 Å². The van der Waals surface area contributed by atoms with Crippen LogP contribution in [0.2, 0.25) is 5.02 Å². The lowest BCUT2D eigenvalue weighted by Gasteiger charge is -2.10. The van der Waals surface area contributed by atoms with E-state index in [1.807, 2.05) is 0 Å². The molecule has 0 spiro atoms. The van der Waals surface area contributed by atoms with Gasteiger partial charge in [-0.2, -0.15) is 0 Å². The topological polar surface area (TPSA) is 35.5 Å². The predicted octanol–water partition coefficient (Wildman–Crippen LogP) is 2.95. The summed E-state index contributed by atoms with van der Waals surface area (Å²) in [6.45, 7) is 1.80. The molecule has 3 nitrogen and oxygen atoms in total. The minimum Gasteiger partial charge on any atom is -0.493 e. The fraction of sp³-hybridized carbons (Fsp3) is 0.364. The van der Waals surface area contributed by atoms with E-state index in [1.165, 1.54) is 14.2 Å². The monoisotopic (exact) mass is 228 g/mol. The number of rotatable bonds is 4. The number of Topliss-reactive ketones (excluding diaryl/α,β-unsaturated/α-hetero) is 1. The molecule has 0 aliphatic carbocycles. The summed E-state index contributed by atoms with van der Waals surface area (Å²) in [5, 5.41) is 0.383. The summed E-state index contributed by atoms with van der Waals surface area (Å²) >= 11 is 5.96.